The van der Waals surface area contributed by atoms with Crippen LogP contribution < -0.4 is 11.3 Å². The van der Waals surface area contributed by atoms with E-state index in [1.54, 1.807) is 24.3 Å². The number of hydrogen-bond acceptors (Lipinski definition) is 3. The molecule has 0 amide bonds. The Hall–Kier alpha value is -3.48. The Balaban J connectivity index is 2.09. The quantitative estimate of drug-likeness (QED) is 0.523. The summed E-state index contributed by atoms with van der Waals surface area (Å²) in [5, 5.41) is 0.306. The third-order valence-corrected chi connectivity index (χ3v) is 3.95. The van der Waals surface area contributed by atoms with Crippen LogP contribution in [0.25, 0.3) is 33.4 Å². The molecule has 0 aliphatic rings. The molecular weight excluding hydrogens is 326 g/mol. The van der Waals surface area contributed by atoms with Crippen molar-refractivity contribution in [2.24, 2.45) is 0 Å². The Kier molecular flexibility index (Phi) is 3.35. The van der Waals surface area contributed by atoms with E-state index in [2.05, 4.69) is 15.0 Å². The Morgan fingerprint density at radius 3 is 2.00 bits per heavy atom. The van der Waals surface area contributed by atoms with Crippen LogP contribution in [0.15, 0.2) is 53.3 Å². The second-order valence-corrected chi connectivity index (χ2v) is 5.56. The maximum Gasteiger partial charge on any atom is 0.262 e. The molecule has 7 heteroatoms. The van der Waals surface area contributed by atoms with Gasteiger partial charge in [0.2, 0.25) is 5.95 Å². The number of aromatic nitrogens is 3. The van der Waals surface area contributed by atoms with E-state index in [9.17, 15) is 13.6 Å². The van der Waals surface area contributed by atoms with Gasteiger partial charge in [0.05, 0.1) is 11.1 Å². The zero-order chi connectivity index (χ0) is 17.6. The minimum Gasteiger partial charge on any atom is -0.369 e. The van der Waals surface area contributed by atoms with E-state index >= 15 is 0 Å². The van der Waals surface area contributed by atoms with Crippen LogP contribution in [0.2, 0.25) is 0 Å². The van der Waals surface area contributed by atoms with Gasteiger partial charge in [0.15, 0.2) is 0 Å². The molecular formula is C18H12F2N4O. The standard InChI is InChI=1S/C18H12F2N4O/c19-11-5-1-9(2-6-11)13-14-16(23-18(21)24-17(14)25)22-15(13)10-3-7-12(20)8-4-10/h1-8H,(H4,21,22,23,24,25). The maximum absolute atomic E-state index is 13.3. The summed E-state index contributed by atoms with van der Waals surface area (Å²) < 4.78 is 26.6. The second-order valence-electron chi connectivity index (χ2n) is 5.56. The lowest BCUT2D eigenvalue weighted by molar-refractivity contribution is 0.627. The first-order valence-electron chi connectivity index (χ1n) is 7.46. The number of benzene rings is 2. The molecule has 0 aliphatic carbocycles. The van der Waals surface area contributed by atoms with Crippen molar-refractivity contribution in [1.82, 2.24) is 15.0 Å². The molecule has 0 fully saturated rings. The van der Waals surface area contributed by atoms with Gasteiger partial charge in [-0.05, 0) is 47.5 Å². The molecule has 124 valence electrons. The van der Waals surface area contributed by atoms with Crippen LogP contribution in [-0.4, -0.2) is 15.0 Å². The lowest BCUT2D eigenvalue weighted by Crippen LogP contribution is -2.10. The number of rotatable bonds is 2. The molecule has 0 saturated carbocycles. The smallest absolute Gasteiger partial charge is 0.262 e. The first kappa shape index (κ1) is 15.1. The zero-order valence-electron chi connectivity index (χ0n) is 12.8. The van der Waals surface area contributed by atoms with Crippen molar-refractivity contribution < 1.29 is 8.78 Å². The van der Waals surface area contributed by atoms with Crippen molar-refractivity contribution in [2.75, 3.05) is 5.73 Å². The zero-order valence-corrected chi connectivity index (χ0v) is 12.8. The summed E-state index contributed by atoms with van der Waals surface area (Å²) in [6.07, 6.45) is 0. The highest BCUT2D eigenvalue weighted by Crippen LogP contribution is 2.36. The Morgan fingerprint density at radius 1 is 0.840 bits per heavy atom. The molecule has 0 saturated heterocycles. The number of nitrogen functional groups attached to an aromatic ring is 1. The summed E-state index contributed by atoms with van der Waals surface area (Å²) in [4.78, 5) is 22.1. The second kappa shape index (κ2) is 5.55. The van der Waals surface area contributed by atoms with Gasteiger partial charge >= 0.3 is 0 Å². The average molecular weight is 338 g/mol. The summed E-state index contributed by atoms with van der Waals surface area (Å²) in [5.41, 5.74) is 7.93. The number of H-pyrrole nitrogens is 2. The number of nitrogens with two attached hydrogens (primary N) is 1. The number of fused-ring (bicyclic) bond motifs is 1. The Bertz CT molecular complexity index is 1130. The molecule has 2 heterocycles. The van der Waals surface area contributed by atoms with Crippen molar-refractivity contribution >= 4 is 17.0 Å². The number of nitrogens with one attached hydrogen (secondary N) is 2. The molecule has 0 bridgehead atoms. The topological polar surface area (TPSA) is 87.6 Å². The van der Waals surface area contributed by atoms with Crippen molar-refractivity contribution in [3.05, 3.63) is 70.5 Å². The summed E-state index contributed by atoms with van der Waals surface area (Å²) >= 11 is 0. The molecule has 2 aromatic heterocycles. The first-order valence-corrected chi connectivity index (χ1v) is 7.46. The highest BCUT2D eigenvalue weighted by molar-refractivity contribution is 6.02. The van der Waals surface area contributed by atoms with E-state index < -0.39 is 5.56 Å². The van der Waals surface area contributed by atoms with Gasteiger partial charge < -0.3 is 10.7 Å². The monoisotopic (exact) mass is 338 g/mol. The predicted octanol–water partition coefficient (Wildman–Crippen LogP) is 3.45. The largest absolute Gasteiger partial charge is 0.369 e. The summed E-state index contributed by atoms with van der Waals surface area (Å²) in [6.45, 7) is 0. The van der Waals surface area contributed by atoms with Crippen LogP contribution in [0.5, 0.6) is 0 Å². The van der Waals surface area contributed by atoms with Crippen LogP contribution >= 0.6 is 0 Å². The third kappa shape index (κ3) is 2.55. The lowest BCUT2D eigenvalue weighted by Gasteiger charge is -2.05. The summed E-state index contributed by atoms with van der Waals surface area (Å²) in [7, 11) is 0. The molecule has 0 unspecified atom stereocenters. The summed E-state index contributed by atoms with van der Waals surface area (Å²) in [5.74, 6) is -0.776. The van der Waals surface area contributed by atoms with Crippen LogP contribution in [0, 0.1) is 11.6 Å². The molecule has 25 heavy (non-hydrogen) atoms. The SMILES string of the molecule is Nc1nc2[nH]c(-c3ccc(F)cc3)c(-c3ccc(F)cc3)c2c(=O)[nH]1. The first-order chi connectivity index (χ1) is 12.0. The third-order valence-electron chi connectivity index (χ3n) is 3.95. The number of hydrogen-bond donors (Lipinski definition) is 3. The van der Waals surface area contributed by atoms with E-state index in [1.807, 2.05) is 0 Å². The molecule has 4 rings (SSSR count). The van der Waals surface area contributed by atoms with Gasteiger partial charge in [0, 0.05) is 5.56 Å². The van der Waals surface area contributed by atoms with Gasteiger partial charge in [0.1, 0.15) is 17.3 Å². The van der Waals surface area contributed by atoms with E-state index in [0.29, 0.717) is 33.4 Å². The molecule has 2 aromatic carbocycles. The van der Waals surface area contributed by atoms with Gasteiger partial charge in [-0.1, -0.05) is 12.1 Å². The van der Waals surface area contributed by atoms with Gasteiger partial charge in [-0.15, -0.1) is 0 Å². The number of halogens is 2. The van der Waals surface area contributed by atoms with Crippen LogP contribution in [0.1, 0.15) is 0 Å². The molecule has 0 atom stereocenters. The van der Waals surface area contributed by atoms with E-state index in [4.69, 9.17) is 5.73 Å². The fourth-order valence-electron chi connectivity index (χ4n) is 2.86. The fourth-order valence-corrected chi connectivity index (χ4v) is 2.86. The lowest BCUT2D eigenvalue weighted by atomic mass is 9.99. The Morgan fingerprint density at radius 2 is 1.40 bits per heavy atom. The predicted molar refractivity (Wildman–Crippen MR) is 91.9 cm³/mol. The van der Waals surface area contributed by atoms with Gasteiger partial charge in [-0.25, -0.2) is 8.78 Å². The van der Waals surface area contributed by atoms with Gasteiger partial charge in [-0.3, -0.25) is 9.78 Å². The minimum absolute atomic E-state index is 0.0185. The van der Waals surface area contributed by atoms with Crippen molar-refractivity contribution in [3.8, 4) is 22.4 Å². The fraction of sp³-hybridized carbons (Fsp3) is 0. The van der Waals surface area contributed by atoms with Crippen LogP contribution in [0.3, 0.4) is 0 Å². The highest BCUT2D eigenvalue weighted by atomic mass is 19.1. The highest BCUT2D eigenvalue weighted by Gasteiger charge is 2.19. The van der Waals surface area contributed by atoms with Crippen LogP contribution in [-0.2, 0) is 0 Å². The van der Waals surface area contributed by atoms with Crippen LogP contribution in [0.4, 0.5) is 14.7 Å². The summed E-state index contributed by atoms with van der Waals surface area (Å²) in [6, 6.07) is 11.6. The molecule has 4 N–H and O–H groups in total. The molecule has 0 radical (unpaired) electrons. The molecule has 4 aromatic rings. The molecule has 0 aliphatic heterocycles. The number of nitrogens with zero attached hydrogens (tertiary/aromatic N) is 1. The minimum atomic E-state index is -0.411. The molecule has 0 spiro atoms. The maximum atomic E-state index is 13.3. The van der Waals surface area contributed by atoms with Crippen molar-refractivity contribution in [2.45, 2.75) is 0 Å². The van der Waals surface area contributed by atoms with E-state index in [-0.39, 0.29) is 17.6 Å². The van der Waals surface area contributed by atoms with Crippen molar-refractivity contribution in [1.29, 1.82) is 0 Å². The Labute approximate surface area is 140 Å². The number of anilines is 1. The average Bonchev–Trinajstić information content (AvgIpc) is 2.96. The number of aromatic amines is 2. The van der Waals surface area contributed by atoms with Gasteiger partial charge in [0.25, 0.3) is 5.56 Å². The van der Waals surface area contributed by atoms with E-state index in [1.165, 1.54) is 24.3 Å². The van der Waals surface area contributed by atoms with Gasteiger partial charge in [-0.2, -0.15) is 4.98 Å². The molecule has 5 nitrogen and oxygen atoms in total. The van der Waals surface area contributed by atoms with E-state index in [0.717, 1.165) is 0 Å². The normalized spacial score (nSPS) is 11.1. The van der Waals surface area contributed by atoms with Crippen molar-refractivity contribution in [3.63, 3.8) is 0 Å².